The van der Waals surface area contributed by atoms with E-state index in [0.717, 1.165) is 0 Å². The van der Waals surface area contributed by atoms with Crippen molar-refractivity contribution in [2.75, 3.05) is 7.05 Å². The van der Waals surface area contributed by atoms with Crippen LogP contribution in [0.2, 0.25) is 0 Å². The summed E-state index contributed by atoms with van der Waals surface area (Å²) in [4.78, 5) is 21.5. The molecule has 5 nitrogen and oxygen atoms in total. The van der Waals surface area contributed by atoms with Crippen LogP contribution in [0, 0.1) is 11.3 Å². The molecule has 0 aliphatic rings. The molecule has 0 rings (SSSR count). The molecule has 0 aromatic carbocycles. The van der Waals surface area contributed by atoms with E-state index in [-0.39, 0.29) is 18.2 Å². The van der Waals surface area contributed by atoms with Gasteiger partial charge in [0.2, 0.25) is 11.8 Å². The summed E-state index contributed by atoms with van der Waals surface area (Å²) in [6, 6.07) is 1.07. The molecule has 0 aromatic heterocycles. The van der Waals surface area contributed by atoms with Gasteiger partial charge in [-0.25, -0.2) is 0 Å². The van der Waals surface area contributed by atoms with E-state index in [1.807, 2.05) is 6.07 Å². The van der Waals surface area contributed by atoms with E-state index in [4.69, 9.17) is 5.26 Å². The highest BCUT2D eigenvalue weighted by Gasteiger charge is 2.16. The van der Waals surface area contributed by atoms with Crippen molar-refractivity contribution in [2.45, 2.75) is 19.4 Å². The minimum absolute atomic E-state index is 0.0146. The molecule has 12 heavy (non-hydrogen) atoms. The van der Waals surface area contributed by atoms with Gasteiger partial charge in [-0.3, -0.25) is 9.59 Å². The van der Waals surface area contributed by atoms with Crippen LogP contribution in [0.4, 0.5) is 0 Å². The lowest BCUT2D eigenvalue weighted by Crippen LogP contribution is -2.44. The smallest absolute Gasteiger partial charge is 0.243 e. The summed E-state index contributed by atoms with van der Waals surface area (Å²) in [7, 11) is 1.45. The zero-order chi connectivity index (χ0) is 9.56. The minimum atomic E-state index is -0.738. The van der Waals surface area contributed by atoms with Crippen molar-refractivity contribution >= 4 is 11.8 Å². The molecule has 1 atom stereocenters. The van der Waals surface area contributed by atoms with Crippen LogP contribution in [0.3, 0.4) is 0 Å². The van der Waals surface area contributed by atoms with Gasteiger partial charge in [-0.15, -0.1) is 0 Å². The maximum atomic E-state index is 11.0. The first-order chi connectivity index (χ1) is 5.61. The van der Waals surface area contributed by atoms with Crippen molar-refractivity contribution in [2.24, 2.45) is 0 Å². The average molecular weight is 169 g/mol. The number of nitrogens with one attached hydrogen (secondary N) is 2. The normalized spacial score (nSPS) is 11.1. The summed E-state index contributed by atoms with van der Waals surface area (Å²) in [5.74, 6) is -0.675. The van der Waals surface area contributed by atoms with Gasteiger partial charge in [0, 0.05) is 14.0 Å². The molecule has 5 heteroatoms. The van der Waals surface area contributed by atoms with Crippen LogP contribution in [0.5, 0.6) is 0 Å². The van der Waals surface area contributed by atoms with Crippen LogP contribution in [0.1, 0.15) is 13.3 Å². The highest BCUT2D eigenvalue weighted by atomic mass is 16.2. The van der Waals surface area contributed by atoms with Gasteiger partial charge in [-0.1, -0.05) is 0 Å². The van der Waals surface area contributed by atoms with Crippen LogP contribution in [-0.4, -0.2) is 24.9 Å². The van der Waals surface area contributed by atoms with Crippen LogP contribution in [0.15, 0.2) is 0 Å². The average Bonchev–Trinajstić information content (AvgIpc) is 2.01. The number of nitriles is 1. The molecule has 66 valence electrons. The first kappa shape index (κ1) is 10.4. The number of rotatable bonds is 3. The number of carbonyl (C=O) groups is 2. The highest BCUT2D eigenvalue weighted by Crippen LogP contribution is 1.89. The monoisotopic (exact) mass is 169 g/mol. The number of nitrogens with zero attached hydrogens (tertiary/aromatic N) is 1. The maximum absolute atomic E-state index is 11.0. The second-order valence-corrected chi connectivity index (χ2v) is 2.23. The lowest BCUT2D eigenvalue weighted by molar-refractivity contribution is -0.127. The quantitative estimate of drug-likeness (QED) is 0.577. The summed E-state index contributed by atoms with van der Waals surface area (Å²) in [6.07, 6.45) is -0.0146. The number of hydrogen-bond donors (Lipinski definition) is 2. The summed E-state index contributed by atoms with van der Waals surface area (Å²) in [6.45, 7) is 1.30. The van der Waals surface area contributed by atoms with Crippen molar-refractivity contribution in [1.29, 1.82) is 5.26 Å². The van der Waals surface area contributed by atoms with Crippen molar-refractivity contribution in [3.8, 4) is 6.07 Å². The van der Waals surface area contributed by atoms with E-state index in [2.05, 4.69) is 10.6 Å². The van der Waals surface area contributed by atoms with Gasteiger partial charge in [0.25, 0.3) is 0 Å². The molecule has 0 heterocycles. The fourth-order valence-electron chi connectivity index (χ4n) is 0.720. The van der Waals surface area contributed by atoms with Crippen LogP contribution >= 0.6 is 0 Å². The second-order valence-electron chi connectivity index (χ2n) is 2.23. The molecule has 2 amide bonds. The van der Waals surface area contributed by atoms with Gasteiger partial charge in [-0.2, -0.15) is 5.26 Å². The predicted octanol–water partition coefficient (Wildman–Crippen LogP) is -0.849. The van der Waals surface area contributed by atoms with Gasteiger partial charge in [0.05, 0.1) is 12.5 Å². The van der Waals surface area contributed by atoms with E-state index in [1.54, 1.807) is 0 Å². The molecular formula is C7H11N3O2. The molecule has 0 unspecified atom stereocenters. The Hall–Kier alpha value is -1.57. The van der Waals surface area contributed by atoms with Gasteiger partial charge in [0.15, 0.2) is 0 Å². The topological polar surface area (TPSA) is 82.0 Å². The minimum Gasteiger partial charge on any atom is -0.357 e. The fraction of sp³-hybridized carbons (Fsp3) is 0.571. The van der Waals surface area contributed by atoms with Crippen molar-refractivity contribution in [1.82, 2.24) is 10.6 Å². The Bertz CT molecular complexity index is 219. The van der Waals surface area contributed by atoms with Crippen LogP contribution in [-0.2, 0) is 9.59 Å². The van der Waals surface area contributed by atoms with Gasteiger partial charge < -0.3 is 10.6 Å². The SMILES string of the molecule is CNC(=O)[C@H](CC#N)NC(C)=O. The highest BCUT2D eigenvalue weighted by molar-refractivity contribution is 5.86. The summed E-state index contributed by atoms with van der Waals surface area (Å²) in [5, 5.41) is 13.0. The molecule has 0 bridgehead atoms. The third kappa shape index (κ3) is 3.56. The Morgan fingerprint density at radius 2 is 2.17 bits per heavy atom. The number of amides is 2. The van der Waals surface area contributed by atoms with Crippen molar-refractivity contribution < 1.29 is 9.59 Å². The standard InChI is InChI=1S/C7H11N3O2/c1-5(11)10-6(3-4-8)7(12)9-2/h6H,3H2,1-2H3,(H,9,12)(H,10,11)/t6-/m0/s1. The molecule has 0 saturated heterocycles. The van der Waals surface area contributed by atoms with Gasteiger partial charge in [-0.05, 0) is 0 Å². The summed E-state index contributed by atoms with van der Waals surface area (Å²) >= 11 is 0. The first-order valence-electron chi connectivity index (χ1n) is 3.47. The number of hydrogen-bond acceptors (Lipinski definition) is 3. The van der Waals surface area contributed by atoms with Crippen molar-refractivity contribution in [3.05, 3.63) is 0 Å². The molecule has 0 spiro atoms. The van der Waals surface area contributed by atoms with Crippen molar-refractivity contribution in [3.63, 3.8) is 0 Å². The number of carbonyl (C=O) groups excluding carboxylic acids is 2. The molecule has 0 fully saturated rings. The lowest BCUT2D eigenvalue weighted by atomic mass is 10.2. The summed E-state index contributed by atoms with van der Waals surface area (Å²) in [5.41, 5.74) is 0. The van der Waals surface area contributed by atoms with Gasteiger partial charge >= 0.3 is 0 Å². The fourth-order valence-corrected chi connectivity index (χ4v) is 0.720. The Labute approximate surface area is 70.7 Å². The molecule has 0 aliphatic heterocycles. The van der Waals surface area contributed by atoms with E-state index < -0.39 is 6.04 Å². The molecule has 0 aromatic rings. The molecule has 0 saturated carbocycles. The maximum Gasteiger partial charge on any atom is 0.243 e. The first-order valence-corrected chi connectivity index (χ1v) is 3.47. The van der Waals surface area contributed by atoms with E-state index in [9.17, 15) is 9.59 Å². The Kier molecular flexibility index (Phi) is 4.46. The number of likely N-dealkylation sites (N-methyl/N-ethyl adjacent to an activating group) is 1. The summed E-state index contributed by atoms with van der Waals surface area (Å²) < 4.78 is 0. The Morgan fingerprint density at radius 3 is 2.50 bits per heavy atom. The Morgan fingerprint density at radius 1 is 1.58 bits per heavy atom. The molecule has 0 radical (unpaired) electrons. The second kappa shape index (κ2) is 5.13. The molecule has 2 N–H and O–H groups in total. The zero-order valence-corrected chi connectivity index (χ0v) is 7.05. The van der Waals surface area contributed by atoms with Gasteiger partial charge in [0.1, 0.15) is 6.04 Å². The Balaban J connectivity index is 4.14. The van der Waals surface area contributed by atoms with E-state index in [0.29, 0.717) is 0 Å². The lowest BCUT2D eigenvalue weighted by Gasteiger charge is -2.11. The van der Waals surface area contributed by atoms with E-state index in [1.165, 1.54) is 14.0 Å². The third-order valence-corrected chi connectivity index (χ3v) is 1.24. The van der Waals surface area contributed by atoms with Crippen LogP contribution in [0.25, 0.3) is 0 Å². The molecular weight excluding hydrogens is 158 g/mol. The predicted molar refractivity (Wildman–Crippen MR) is 41.9 cm³/mol. The third-order valence-electron chi connectivity index (χ3n) is 1.24. The zero-order valence-electron chi connectivity index (χ0n) is 7.05. The largest absolute Gasteiger partial charge is 0.357 e. The van der Waals surface area contributed by atoms with E-state index >= 15 is 0 Å². The van der Waals surface area contributed by atoms with Crippen LogP contribution < -0.4 is 10.6 Å². The molecule has 0 aliphatic carbocycles.